The van der Waals surface area contributed by atoms with Crippen molar-refractivity contribution in [3.8, 4) is 0 Å². The molecular formula is C22H27N3O3. The molecule has 1 heterocycles. The molecular weight excluding hydrogens is 354 g/mol. The Morgan fingerprint density at radius 3 is 2.36 bits per heavy atom. The number of nitrogens with zero attached hydrogens (tertiary/aromatic N) is 1. The molecule has 1 aromatic carbocycles. The lowest BCUT2D eigenvalue weighted by Crippen LogP contribution is -2.39. The summed E-state index contributed by atoms with van der Waals surface area (Å²) in [5.74, 6) is -0.514. The van der Waals surface area contributed by atoms with Crippen LogP contribution in [0, 0.1) is 6.92 Å². The summed E-state index contributed by atoms with van der Waals surface area (Å²) < 4.78 is 1.41. The average molecular weight is 381 g/mol. The standard InChI is InChI=1S/C22H27N3O3/c1-16-13-14-19(24-21(27)17-9-5-4-6-10-17)22(28)25(16)15-20(26)23-18-11-7-2-3-8-12-18/h4-6,9-10,13-14,18H,2-3,7-8,11-12,15H2,1H3,(H,23,26)(H,24,27). The maximum atomic E-state index is 12.8. The number of hydrogen-bond acceptors (Lipinski definition) is 3. The van der Waals surface area contributed by atoms with Gasteiger partial charge in [-0.15, -0.1) is 0 Å². The molecule has 0 aliphatic heterocycles. The number of pyridine rings is 1. The van der Waals surface area contributed by atoms with Crippen LogP contribution in [0.15, 0.2) is 47.3 Å². The van der Waals surface area contributed by atoms with Crippen LogP contribution in [0.4, 0.5) is 5.69 Å². The number of amides is 2. The summed E-state index contributed by atoms with van der Waals surface area (Å²) in [6.07, 6.45) is 6.68. The molecule has 2 N–H and O–H groups in total. The molecule has 2 amide bonds. The normalized spacial score (nSPS) is 14.9. The Kier molecular flexibility index (Phi) is 6.63. The highest BCUT2D eigenvalue weighted by Crippen LogP contribution is 2.17. The molecule has 2 aromatic rings. The Morgan fingerprint density at radius 2 is 1.68 bits per heavy atom. The van der Waals surface area contributed by atoms with Gasteiger partial charge in [-0.1, -0.05) is 43.9 Å². The van der Waals surface area contributed by atoms with Gasteiger partial charge >= 0.3 is 0 Å². The highest BCUT2D eigenvalue weighted by molar-refractivity contribution is 6.04. The van der Waals surface area contributed by atoms with Crippen LogP contribution in [0.1, 0.15) is 54.6 Å². The van der Waals surface area contributed by atoms with E-state index in [-0.39, 0.29) is 35.6 Å². The lowest BCUT2D eigenvalue weighted by Gasteiger charge is -2.18. The maximum Gasteiger partial charge on any atom is 0.274 e. The second-order valence-electron chi connectivity index (χ2n) is 7.36. The van der Waals surface area contributed by atoms with E-state index in [1.807, 2.05) is 6.07 Å². The number of anilines is 1. The van der Waals surface area contributed by atoms with E-state index in [0.717, 1.165) is 25.7 Å². The number of carbonyl (C=O) groups excluding carboxylic acids is 2. The molecule has 6 nitrogen and oxygen atoms in total. The van der Waals surface area contributed by atoms with Crippen molar-refractivity contribution in [3.05, 3.63) is 64.1 Å². The number of aryl methyl sites for hydroxylation is 1. The Labute approximate surface area is 165 Å². The molecule has 148 valence electrons. The molecule has 1 aliphatic carbocycles. The van der Waals surface area contributed by atoms with Crippen LogP contribution in [-0.4, -0.2) is 22.4 Å². The molecule has 0 spiro atoms. The third kappa shape index (κ3) is 5.09. The second-order valence-corrected chi connectivity index (χ2v) is 7.36. The molecule has 1 aliphatic rings. The minimum Gasteiger partial charge on any atom is -0.352 e. The van der Waals surface area contributed by atoms with E-state index in [9.17, 15) is 14.4 Å². The zero-order valence-electron chi connectivity index (χ0n) is 16.2. The van der Waals surface area contributed by atoms with Crippen molar-refractivity contribution in [2.45, 2.75) is 58.0 Å². The van der Waals surface area contributed by atoms with Crippen LogP contribution in [0.2, 0.25) is 0 Å². The smallest absolute Gasteiger partial charge is 0.274 e. The first kappa shape index (κ1) is 19.9. The monoisotopic (exact) mass is 381 g/mol. The topological polar surface area (TPSA) is 80.2 Å². The van der Waals surface area contributed by atoms with Crippen molar-refractivity contribution in [1.29, 1.82) is 0 Å². The fourth-order valence-corrected chi connectivity index (χ4v) is 3.59. The van der Waals surface area contributed by atoms with Gasteiger partial charge in [-0.2, -0.15) is 0 Å². The Balaban J connectivity index is 1.71. The zero-order valence-corrected chi connectivity index (χ0v) is 16.2. The number of benzene rings is 1. The van der Waals surface area contributed by atoms with Crippen LogP contribution >= 0.6 is 0 Å². The number of rotatable bonds is 5. The third-order valence-corrected chi connectivity index (χ3v) is 5.20. The molecule has 1 aromatic heterocycles. The first-order valence-corrected chi connectivity index (χ1v) is 9.91. The highest BCUT2D eigenvalue weighted by atomic mass is 16.2. The van der Waals surface area contributed by atoms with Crippen molar-refractivity contribution >= 4 is 17.5 Å². The molecule has 0 unspecified atom stereocenters. The molecule has 0 radical (unpaired) electrons. The van der Waals surface area contributed by atoms with E-state index in [0.29, 0.717) is 11.3 Å². The molecule has 0 bridgehead atoms. The van der Waals surface area contributed by atoms with Crippen LogP contribution in [0.5, 0.6) is 0 Å². The molecule has 6 heteroatoms. The molecule has 1 saturated carbocycles. The fourth-order valence-electron chi connectivity index (χ4n) is 3.59. The van der Waals surface area contributed by atoms with Gasteiger partial charge in [0.15, 0.2) is 0 Å². The van der Waals surface area contributed by atoms with Gasteiger partial charge in [0.1, 0.15) is 12.2 Å². The van der Waals surface area contributed by atoms with Crippen molar-refractivity contribution < 1.29 is 9.59 Å². The molecule has 3 rings (SSSR count). The summed E-state index contributed by atoms with van der Waals surface area (Å²) in [6.45, 7) is 1.74. The molecule has 1 fully saturated rings. The predicted octanol–water partition coefficient (Wildman–Crippen LogP) is 3.25. The number of nitrogens with one attached hydrogen (secondary N) is 2. The highest BCUT2D eigenvalue weighted by Gasteiger charge is 2.17. The van der Waals surface area contributed by atoms with Crippen molar-refractivity contribution in [3.63, 3.8) is 0 Å². The van der Waals surface area contributed by atoms with Crippen LogP contribution < -0.4 is 16.2 Å². The first-order chi connectivity index (χ1) is 13.5. The van der Waals surface area contributed by atoms with Gasteiger partial charge in [0.25, 0.3) is 11.5 Å². The maximum absolute atomic E-state index is 12.8. The Bertz CT molecular complexity index is 882. The van der Waals surface area contributed by atoms with Crippen molar-refractivity contribution in [1.82, 2.24) is 9.88 Å². The quantitative estimate of drug-likeness (QED) is 0.780. The Morgan fingerprint density at radius 1 is 1.00 bits per heavy atom. The van der Waals surface area contributed by atoms with Crippen LogP contribution in [0.3, 0.4) is 0 Å². The van der Waals surface area contributed by atoms with Crippen molar-refractivity contribution in [2.75, 3.05) is 5.32 Å². The molecule has 0 saturated heterocycles. The number of hydrogen-bond donors (Lipinski definition) is 2. The van der Waals surface area contributed by atoms with E-state index in [4.69, 9.17) is 0 Å². The van der Waals surface area contributed by atoms with Gasteiger partial charge in [-0.05, 0) is 44.0 Å². The van der Waals surface area contributed by atoms with Crippen LogP contribution in [-0.2, 0) is 11.3 Å². The number of aromatic nitrogens is 1. The predicted molar refractivity (Wildman–Crippen MR) is 109 cm³/mol. The van der Waals surface area contributed by atoms with Gasteiger partial charge in [0.05, 0.1) is 0 Å². The summed E-state index contributed by atoms with van der Waals surface area (Å²) in [4.78, 5) is 37.6. The van der Waals surface area contributed by atoms with E-state index in [1.165, 1.54) is 17.4 Å². The summed E-state index contributed by atoms with van der Waals surface area (Å²) in [7, 11) is 0. The van der Waals surface area contributed by atoms with E-state index in [2.05, 4.69) is 10.6 Å². The average Bonchev–Trinajstić information content (AvgIpc) is 2.96. The summed E-state index contributed by atoms with van der Waals surface area (Å²) in [5, 5.41) is 5.71. The lowest BCUT2D eigenvalue weighted by atomic mass is 10.1. The summed E-state index contributed by atoms with van der Waals surface area (Å²) in [5.41, 5.74) is 0.945. The van der Waals surface area contributed by atoms with E-state index < -0.39 is 0 Å². The van der Waals surface area contributed by atoms with E-state index in [1.54, 1.807) is 43.3 Å². The summed E-state index contributed by atoms with van der Waals surface area (Å²) in [6, 6.07) is 12.2. The van der Waals surface area contributed by atoms with Crippen LogP contribution in [0.25, 0.3) is 0 Å². The van der Waals surface area contributed by atoms with Gasteiger partial charge < -0.3 is 15.2 Å². The first-order valence-electron chi connectivity index (χ1n) is 9.91. The summed E-state index contributed by atoms with van der Waals surface area (Å²) >= 11 is 0. The fraction of sp³-hybridized carbons (Fsp3) is 0.409. The Hall–Kier alpha value is -2.89. The largest absolute Gasteiger partial charge is 0.352 e. The van der Waals surface area contributed by atoms with Crippen molar-refractivity contribution in [2.24, 2.45) is 0 Å². The second kappa shape index (κ2) is 9.35. The molecule has 28 heavy (non-hydrogen) atoms. The van der Waals surface area contributed by atoms with Gasteiger partial charge in [-0.25, -0.2) is 0 Å². The van der Waals surface area contributed by atoms with E-state index >= 15 is 0 Å². The van der Waals surface area contributed by atoms with Gasteiger partial charge in [0.2, 0.25) is 5.91 Å². The third-order valence-electron chi connectivity index (χ3n) is 5.20. The van der Waals surface area contributed by atoms with Gasteiger partial charge in [0, 0.05) is 17.3 Å². The SMILES string of the molecule is Cc1ccc(NC(=O)c2ccccc2)c(=O)n1CC(=O)NC1CCCCCC1. The zero-order chi connectivity index (χ0) is 19.9. The minimum atomic E-state index is -0.375. The van der Waals surface area contributed by atoms with Gasteiger partial charge in [-0.3, -0.25) is 14.4 Å². The minimum absolute atomic E-state index is 0.0454. The lowest BCUT2D eigenvalue weighted by molar-refractivity contribution is -0.122. The molecule has 0 atom stereocenters. The number of carbonyl (C=O) groups is 2.